The highest BCUT2D eigenvalue weighted by Crippen LogP contribution is 2.21. The molecule has 1 aliphatic rings. The van der Waals surface area contributed by atoms with Crippen LogP contribution >= 0.6 is 0 Å². The molecule has 8 heteroatoms. The molecule has 1 fully saturated rings. The van der Waals surface area contributed by atoms with Gasteiger partial charge in [-0.15, -0.1) is 5.10 Å². The normalized spacial score (nSPS) is 17.2. The van der Waals surface area contributed by atoms with E-state index in [4.69, 9.17) is 9.84 Å². The highest BCUT2D eigenvalue weighted by Gasteiger charge is 2.29. The molecule has 120 valence electrons. The van der Waals surface area contributed by atoms with Crippen molar-refractivity contribution in [3.8, 4) is 0 Å². The molecule has 1 aliphatic heterocycles. The van der Waals surface area contributed by atoms with Crippen molar-refractivity contribution in [2.45, 2.75) is 19.1 Å². The first-order valence-electron chi connectivity index (χ1n) is 7.24. The minimum atomic E-state index is -1.12. The molecule has 1 aromatic heterocycles. The molecule has 8 nitrogen and oxygen atoms in total. The summed E-state index contributed by atoms with van der Waals surface area (Å²) < 4.78 is 6.78. The maximum Gasteiger partial charge on any atom is 0.410 e. The smallest absolute Gasteiger partial charge is 0.410 e. The molecule has 1 amide bonds. The molecular formula is C15H16N4O4. The van der Waals surface area contributed by atoms with E-state index in [2.05, 4.69) is 10.3 Å². The molecule has 0 bridgehead atoms. The van der Waals surface area contributed by atoms with Crippen LogP contribution in [0.15, 0.2) is 36.5 Å². The summed E-state index contributed by atoms with van der Waals surface area (Å²) in [5.41, 5.74) is 0.828. The van der Waals surface area contributed by atoms with Crippen LogP contribution in [0.5, 0.6) is 0 Å². The molecule has 1 aromatic carbocycles. The second-order valence-electron chi connectivity index (χ2n) is 5.32. The topological polar surface area (TPSA) is 97.5 Å². The molecule has 0 aliphatic carbocycles. The van der Waals surface area contributed by atoms with Gasteiger partial charge in [-0.05, 0) is 12.0 Å². The Kier molecular flexibility index (Phi) is 4.22. The fraction of sp³-hybridized carbons (Fsp3) is 0.333. The molecule has 1 atom stereocenters. The fourth-order valence-electron chi connectivity index (χ4n) is 2.49. The lowest BCUT2D eigenvalue weighted by atomic mass is 10.2. The first kappa shape index (κ1) is 15.0. The average molecular weight is 316 g/mol. The number of aromatic carboxylic acids is 1. The predicted molar refractivity (Wildman–Crippen MR) is 78.8 cm³/mol. The van der Waals surface area contributed by atoms with Crippen molar-refractivity contribution >= 4 is 12.1 Å². The van der Waals surface area contributed by atoms with Gasteiger partial charge in [-0.25, -0.2) is 14.3 Å². The molecule has 3 rings (SSSR count). The number of benzene rings is 1. The molecule has 0 radical (unpaired) electrons. The van der Waals surface area contributed by atoms with Gasteiger partial charge in [0, 0.05) is 13.1 Å². The van der Waals surface area contributed by atoms with E-state index in [1.807, 2.05) is 30.3 Å². The predicted octanol–water partition coefficient (Wildman–Crippen LogP) is 1.56. The van der Waals surface area contributed by atoms with E-state index in [0.717, 1.165) is 5.56 Å². The van der Waals surface area contributed by atoms with Gasteiger partial charge < -0.3 is 14.7 Å². The number of ether oxygens (including phenoxy) is 1. The SMILES string of the molecule is O=C(O)c1cn(C2CCN(C(=O)OCc3ccccc3)C2)nn1. The van der Waals surface area contributed by atoms with Gasteiger partial charge in [-0.2, -0.15) is 0 Å². The van der Waals surface area contributed by atoms with E-state index in [1.54, 1.807) is 4.90 Å². The summed E-state index contributed by atoms with van der Waals surface area (Å²) in [7, 11) is 0. The lowest BCUT2D eigenvalue weighted by Gasteiger charge is -2.16. The summed E-state index contributed by atoms with van der Waals surface area (Å²) in [5.74, 6) is -1.12. The third-order valence-electron chi connectivity index (χ3n) is 3.73. The summed E-state index contributed by atoms with van der Waals surface area (Å²) in [6.07, 6.45) is 1.68. The molecule has 2 aromatic rings. The second-order valence-corrected chi connectivity index (χ2v) is 5.32. The van der Waals surface area contributed by atoms with Gasteiger partial charge in [0.25, 0.3) is 0 Å². The van der Waals surface area contributed by atoms with E-state index in [1.165, 1.54) is 10.9 Å². The largest absolute Gasteiger partial charge is 0.476 e. The standard InChI is InChI=1S/C15H16N4O4/c20-14(21)13-9-19(17-16-13)12-6-7-18(8-12)15(22)23-10-11-4-2-1-3-5-11/h1-5,9,12H,6-8,10H2,(H,20,21). The third kappa shape index (κ3) is 3.47. The number of hydrogen-bond acceptors (Lipinski definition) is 5. The monoisotopic (exact) mass is 316 g/mol. The van der Waals surface area contributed by atoms with E-state index in [-0.39, 0.29) is 24.4 Å². The van der Waals surface area contributed by atoms with Crippen LogP contribution in [0, 0.1) is 0 Å². The summed E-state index contributed by atoms with van der Waals surface area (Å²) in [4.78, 5) is 24.5. The fourth-order valence-corrected chi connectivity index (χ4v) is 2.49. The van der Waals surface area contributed by atoms with Gasteiger partial charge in [0.15, 0.2) is 5.69 Å². The van der Waals surface area contributed by atoms with Crippen molar-refractivity contribution in [2.75, 3.05) is 13.1 Å². The van der Waals surface area contributed by atoms with Gasteiger partial charge in [0.05, 0.1) is 12.2 Å². The van der Waals surface area contributed by atoms with Gasteiger partial charge in [0.1, 0.15) is 6.61 Å². The zero-order valence-electron chi connectivity index (χ0n) is 12.3. The minimum absolute atomic E-state index is 0.0834. The minimum Gasteiger partial charge on any atom is -0.476 e. The Morgan fingerprint density at radius 2 is 2.09 bits per heavy atom. The average Bonchev–Trinajstić information content (AvgIpc) is 3.22. The Morgan fingerprint density at radius 3 is 2.78 bits per heavy atom. The van der Waals surface area contributed by atoms with Gasteiger partial charge in [-0.3, -0.25) is 0 Å². The first-order chi connectivity index (χ1) is 11.1. The molecule has 1 saturated heterocycles. The summed E-state index contributed by atoms with van der Waals surface area (Å²) in [6.45, 7) is 1.20. The number of nitrogens with zero attached hydrogens (tertiary/aromatic N) is 4. The number of carboxylic acid groups (broad SMARTS) is 1. The Morgan fingerprint density at radius 1 is 1.30 bits per heavy atom. The number of amides is 1. The summed E-state index contributed by atoms with van der Waals surface area (Å²) in [5, 5.41) is 16.3. The maximum atomic E-state index is 12.1. The molecule has 0 saturated carbocycles. The van der Waals surface area contributed by atoms with Crippen LogP contribution in [0.1, 0.15) is 28.5 Å². The number of carbonyl (C=O) groups excluding carboxylic acids is 1. The third-order valence-corrected chi connectivity index (χ3v) is 3.73. The Bertz CT molecular complexity index is 701. The maximum absolute atomic E-state index is 12.1. The molecular weight excluding hydrogens is 300 g/mol. The van der Waals surface area contributed by atoms with Crippen molar-refractivity contribution in [3.05, 3.63) is 47.8 Å². The Hall–Kier alpha value is -2.90. The number of likely N-dealkylation sites (tertiary alicyclic amines) is 1. The lowest BCUT2D eigenvalue weighted by molar-refractivity contribution is 0.0690. The number of rotatable bonds is 4. The Labute approximate surface area is 132 Å². The molecule has 1 N–H and O–H groups in total. The van der Waals surface area contributed by atoms with Crippen LogP contribution in [0.2, 0.25) is 0 Å². The van der Waals surface area contributed by atoms with Crippen molar-refractivity contribution in [1.82, 2.24) is 19.9 Å². The zero-order chi connectivity index (χ0) is 16.2. The van der Waals surface area contributed by atoms with Crippen molar-refractivity contribution in [2.24, 2.45) is 0 Å². The van der Waals surface area contributed by atoms with E-state index in [0.29, 0.717) is 19.5 Å². The highest BCUT2D eigenvalue weighted by molar-refractivity contribution is 5.84. The van der Waals surface area contributed by atoms with E-state index >= 15 is 0 Å². The van der Waals surface area contributed by atoms with Crippen LogP contribution in [0.4, 0.5) is 4.79 Å². The molecule has 0 spiro atoms. The Balaban J connectivity index is 1.54. The van der Waals surface area contributed by atoms with Gasteiger partial charge in [-0.1, -0.05) is 35.5 Å². The lowest BCUT2D eigenvalue weighted by Crippen LogP contribution is -2.29. The van der Waals surface area contributed by atoms with E-state index < -0.39 is 5.97 Å². The van der Waals surface area contributed by atoms with Crippen molar-refractivity contribution < 1.29 is 19.4 Å². The summed E-state index contributed by atoms with van der Waals surface area (Å²) in [6, 6.07) is 9.38. The van der Waals surface area contributed by atoms with Crippen LogP contribution in [-0.2, 0) is 11.3 Å². The molecule has 2 heterocycles. The summed E-state index contributed by atoms with van der Waals surface area (Å²) >= 11 is 0. The van der Waals surface area contributed by atoms with E-state index in [9.17, 15) is 9.59 Å². The van der Waals surface area contributed by atoms with Crippen LogP contribution in [0.3, 0.4) is 0 Å². The quantitative estimate of drug-likeness (QED) is 0.919. The van der Waals surface area contributed by atoms with Crippen LogP contribution < -0.4 is 0 Å². The number of aromatic nitrogens is 3. The highest BCUT2D eigenvalue weighted by atomic mass is 16.6. The molecule has 1 unspecified atom stereocenters. The number of hydrogen-bond donors (Lipinski definition) is 1. The zero-order valence-corrected chi connectivity index (χ0v) is 12.3. The second kappa shape index (κ2) is 6.47. The number of carboxylic acids is 1. The first-order valence-corrected chi connectivity index (χ1v) is 7.24. The number of carbonyl (C=O) groups is 2. The van der Waals surface area contributed by atoms with Gasteiger partial charge >= 0.3 is 12.1 Å². The van der Waals surface area contributed by atoms with Gasteiger partial charge in [0.2, 0.25) is 0 Å². The van der Waals surface area contributed by atoms with Crippen molar-refractivity contribution in [1.29, 1.82) is 0 Å². The van der Waals surface area contributed by atoms with Crippen LogP contribution in [0.25, 0.3) is 0 Å². The molecule has 23 heavy (non-hydrogen) atoms. The van der Waals surface area contributed by atoms with Crippen molar-refractivity contribution in [3.63, 3.8) is 0 Å². The van der Waals surface area contributed by atoms with Crippen LogP contribution in [-0.4, -0.2) is 50.2 Å².